The molecule has 0 fully saturated rings. The van der Waals surface area contributed by atoms with Gasteiger partial charge >= 0.3 is 0 Å². The summed E-state index contributed by atoms with van der Waals surface area (Å²) >= 11 is 5.85. The molecule has 1 atom stereocenters. The van der Waals surface area contributed by atoms with Crippen LogP contribution >= 0.6 is 11.6 Å². The summed E-state index contributed by atoms with van der Waals surface area (Å²) in [5.74, 6) is 6.63. The summed E-state index contributed by atoms with van der Waals surface area (Å²) in [5.41, 5.74) is 5.92. The molecule has 5 heteroatoms. The molecule has 0 bridgehead atoms. The Hall–Kier alpha value is -1.62. The predicted octanol–water partition coefficient (Wildman–Crippen LogP) is 2.22. The number of ether oxygens (including phenoxy) is 1. The van der Waals surface area contributed by atoms with Crippen molar-refractivity contribution in [2.24, 2.45) is 5.84 Å². The maximum absolute atomic E-state index is 5.85. The number of hydrazine groups is 1. The first-order valence-corrected chi connectivity index (χ1v) is 6.49. The standard InChI is InChI=1S/C14H14ClN3O/c15-11-2-3-12(17-8-11)14(18-16)10-1-4-13-9(7-10)5-6-19-13/h1-4,7-8,14,18H,5-6,16H2. The molecule has 4 nitrogen and oxygen atoms in total. The van der Waals surface area contributed by atoms with E-state index in [0.29, 0.717) is 5.02 Å². The summed E-state index contributed by atoms with van der Waals surface area (Å²) in [4.78, 5) is 4.31. The minimum absolute atomic E-state index is 0.150. The van der Waals surface area contributed by atoms with Crippen LogP contribution in [0.3, 0.4) is 0 Å². The highest BCUT2D eigenvalue weighted by atomic mass is 35.5. The number of rotatable bonds is 3. The van der Waals surface area contributed by atoms with E-state index in [2.05, 4.69) is 16.5 Å². The Kier molecular flexibility index (Phi) is 3.38. The molecule has 1 aliphatic heterocycles. The summed E-state index contributed by atoms with van der Waals surface area (Å²) in [7, 11) is 0. The van der Waals surface area contributed by atoms with Crippen molar-refractivity contribution in [1.29, 1.82) is 0 Å². The molecule has 1 unspecified atom stereocenters. The van der Waals surface area contributed by atoms with Crippen LogP contribution in [-0.2, 0) is 6.42 Å². The molecule has 0 spiro atoms. The quantitative estimate of drug-likeness (QED) is 0.666. The number of aromatic nitrogens is 1. The second-order valence-corrected chi connectivity index (χ2v) is 4.90. The van der Waals surface area contributed by atoms with Gasteiger partial charge in [0.05, 0.1) is 23.4 Å². The number of pyridine rings is 1. The Morgan fingerprint density at radius 3 is 2.95 bits per heavy atom. The number of halogens is 1. The fourth-order valence-corrected chi connectivity index (χ4v) is 2.41. The van der Waals surface area contributed by atoms with Gasteiger partial charge in [-0.05, 0) is 35.4 Å². The topological polar surface area (TPSA) is 60.2 Å². The zero-order valence-electron chi connectivity index (χ0n) is 10.3. The monoisotopic (exact) mass is 275 g/mol. The molecule has 2 aromatic rings. The molecule has 0 radical (unpaired) electrons. The first kappa shape index (κ1) is 12.4. The number of fused-ring (bicyclic) bond motifs is 1. The van der Waals surface area contributed by atoms with E-state index < -0.39 is 0 Å². The molecule has 0 saturated heterocycles. The third-order valence-corrected chi connectivity index (χ3v) is 3.48. The smallest absolute Gasteiger partial charge is 0.122 e. The molecule has 1 aliphatic rings. The Morgan fingerprint density at radius 2 is 2.21 bits per heavy atom. The maximum atomic E-state index is 5.85. The number of nitrogens with one attached hydrogen (secondary N) is 1. The van der Waals surface area contributed by atoms with E-state index in [1.165, 1.54) is 5.56 Å². The normalized spacial score (nSPS) is 14.8. The van der Waals surface area contributed by atoms with Crippen LogP contribution in [0.5, 0.6) is 5.75 Å². The van der Waals surface area contributed by atoms with Gasteiger partial charge in [-0.3, -0.25) is 10.8 Å². The van der Waals surface area contributed by atoms with Gasteiger partial charge in [-0.15, -0.1) is 0 Å². The van der Waals surface area contributed by atoms with Crippen LogP contribution in [-0.4, -0.2) is 11.6 Å². The average Bonchev–Trinajstić information content (AvgIpc) is 2.89. The molecule has 2 heterocycles. The molecule has 98 valence electrons. The summed E-state index contributed by atoms with van der Waals surface area (Å²) < 4.78 is 5.50. The number of benzene rings is 1. The van der Waals surface area contributed by atoms with Crippen LogP contribution in [0, 0.1) is 0 Å². The zero-order valence-corrected chi connectivity index (χ0v) is 11.0. The SMILES string of the molecule is NNC(c1ccc2c(c1)CCO2)c1ccc(Cl)cn1. The summed E-state index contributed by atoms with van der Waals surface area (Å²) in [6, 6.07) is 9.64. The van der Waals surface area contributed by atoms with Crippen LogP contribution in [0.4, 0.5) is 0 Å². The first-order valence-electron chi connectivity index (χ1n) is 6.11. The van der Waals surface area contributed by atoms with E-state index in [1.54, 1.807) is 6.20 Å². The van der Waals surface area contributed by atoms with Gasteiger partial charge in [-0.2, -0.15) is 0 Å². The minimum Gasteiger partial charge on any atom is -0.493 e. The van der Waals surface area contributed by atoms with Crippen molar-refractivity contribution in [1.82, 2.24) is 10.4 Å². The van der Waals surface area contributed by atoms with Crippen LogP contribution < -0.4 is 16.0 Å². The highest BCUT2D eigenvalue weighted by molar-refractivity contribution is 6.30. The number of hydrogen-bond acceptors (Lipinski definition) is 4. The van der Waals surface area contributed by atoms with Gasteiger partial charge in [-0.1, -0.05) is 17.7 Å². The molecule has 0 aliphatic carbocycles. The largest absolute Gasteiger partial charge is 0.493 e. The lowest BCUT2D eigenvalue weighted by Gasteiger charge is -2.16. The Morgan fingerprint density at radius 1 is 1.32 bits per heavy atom. The lowest BCUT2D eigenvalue weighted by Crippen LogP contribution is -2.29. The highest BCUT2D eigenvalue weighted by Gasteiger charge is 2.18. The number of nitrogens with two attached hydrogens (primary N) is 1. The fourth-order valence-electron chi connectivity index (χ4n) is 2.30. The third-order valence-electron chi connectivity index (χ3n) is 3.26. The lowest BCUT2D eigenvalue weighted by molar-refractivity contribution is 0.357. The molecule has 0 saturated carbocycles. The van der Waals surface area contributed by atoms with Gasteiger partial charge in [0.2, 0.25) is 0 Å². The molecule has 0 amide bonds. The highest BCUT2D eigenvalue weighted by Crippen LogP contribution is 2.29. The van der Waals surface area contributed by atoms with E-state index in [1.807, 2.05) is 24.3 Å². The summed E-state index contributed by atoms with van der Waals surface area (Å²) in [6.07, 6.45) is 2.56. The molecule has 3 rings (SSSR count). The average molecular weight is 276 g/mol. The van der Waals surface area contributed by atoms with Gasteiger partial charge < -0.3 is 4.74 Å². The molecular formula is C14H14ClN3O. The molecule has 19 heavy (non-hydrogen) atoms. The molecule has 1 aromatic carbocycles. The van der Waals surface area contributed by atoms with Crippen LogP contribution in [0.2, 0.25) is 5.02 Å². The van der Waals surface area contributed by atoms with Crippen LogP contribution in [0.1, 0.15) is 22.9 Å². The van der Waals surface area contributed by atoms with Crippen molar-refractivity contribution in [3.8, 4) is 5.75 Å². The van der Waals surface area contributed by atoms with E-state index in [9.17, 15) is 0 Å². The predicted molar refractivity (Wildman–Crippen MR) is 74.1 cm³/mol. The number of hydrogen-bond donors (Lipinski definition) is 2. The van der Waals surface area contributed by atoms with Crippen molar-refractivity contribution in [3.05, 3.63) is 58.4 Å². The van der Waals surface area contributed by atoms with Gasteiger partial charge in [0, 0.05) is 12.6 Å². The van der Waals surface area contributed by atoms with Crippen molar-refractivity contribution in [3.63, 3.8) is 0 Å². The molecular weight excluding hydrogens is 262 g/mol. The Bertz CT molecular complexity index is 586. The molecule has 3 N–H and O–H groups in total. The van der Waals surface area contributed by atoms with Crippen LogP contribution in [0.15, 0.2) is 36.5 Å². The fraction of sp³-hybridized carbons (Fsp3) is 0.214. The van der Waals surface area contributed by atoms with E-state index in [0.717, 1.165) is 30.0 Å². The summed E-state index contributed by atoms with van der Waals surface area (Å²) in [5, 5.41) is 0.613. The summed E-state index contributed by atoms with van der Waals surface area (Å²) in [6.45, 7) is 0.749. The van der Waals surface area contributed by atoms with Gasteiger partial charge in [0.15, 0.2) is 0 Å². The van der Waals surface area contributed by atoms with Gasteiger partial charge in [-0.25, -0.2) is 5.43 Å². The second kappa shape index (κ2) is 5.17. The van der Waals surface area contributed by atoms with Crippen molar-refractivity contribution in [2.45, 2.75) is 12.5 Å². The zero-order chi connectivity index (χ0) is 13.2. The van der Waals surface area contributed by atoms with Crippen LogP contribution in [0.25, 0.3) is 0 Å². The minimum atomic E-state index is -0.150. The maximum Gasteiger partial charge on any atom is 0.122 e. The molecule has 1 aromatic heterocycles. The Labute approximate surface area is 116 Å². The Balaban J connectivity index is 1.96. The van der Waals surface area contributed by atoms with E-state index >= 15 is 0 Å². The van der Waals surface area contributed by atoms with Gasteiger partial charge in [0.25, 0.3) is 0 Å². The first-order chi connectivity index (χ1) is 9.28. The van der Waals surface area contributed by atoms with Crippen molar-refractivity contribution < 1.29 is 4.74 Å². The third kappa shape index (κ3) is 2.42. The van der Waals surface area contributed by atoms with Crippen molar-refractivity contribution in [2.75, 3.05) is 6.61 Å². The van der Waals surface area contributed by atoms with Crippen molar-refractivity contribution >= 4 is 11.6 Å². The lowest BCUT2D eigenvalue weighted by atomic mass is 10.0. The van der Waals surface area contributed by atoms with E-state index in [-0.39, 0.29) is 6.04 Å². The number of nitrogens with zero attached hydrogens (tertiary/aromatic N) is 1. The van der Waals surface area contributed by atoms with Gasteiger partial charge in [0.1, 0.15) is 5.75 Å². The second-order valence-electron chi connectivity index (χ2n) is 4.47. The van der Waals surface area contributed by atoms with E-state index in [4.69, 9.17) is 22.2 Å².